The molecule has 0 spiro atoms. The van der Waals surface area contributed by atoms with E-state index >= 15 is 0 Å². The lowest BCUT2D eigenvalue weighted by Crippen LogP contribution is -2.36. The van der Waals surface area contributed by atoms with Gasteiger partial charge in [-0.2, -0.15) is 0 Å². The minimum atomic E-state index is -0.273. The molecule has 1 saturated carbocycles. The molecule has 1 unspecified atom stereocenters. The first-order chi connectivity index (χ1) is 21.0. The van der Waals surface area contributed by atoms with Crippen LogP contribution in [0.5, 0.6) is 17.2 Å². The van der Waals surface area contributed by atoms with Gasteiger partial charge in [0.15, 0.2) is 0 Å². The molecule has 0 amide bonds. The number of hydrogen-bond acceptors (Lipinski definition) is 3. The van der Waals surface area contributed by atoms with Gasteiger partial charge in [0.05, 0.1) is 0 Å². The van der Waals surface area contributed by atoms with Crippen LogP contribution in [0.1, 0.15) is 167 Å². The van der Waals surface area contributed by atoms with Crippen molar-refractivity contribution in [2.45, 2.75) is 155 Å². The molecule has 0 saturated heterocycles. The Morgan fingerprint density at radius 1 is 0.587 bits per heavy atom. The predicted octanol–water partition coefficient (Wildman–Crippen LogP) is 11.7. The summed E-state index contributed by atoms with van der Waals surface area (Å²) in [5.41, 5.74) is 6.67. The lowest BCUT2D eigenvalue weighted by molar-refractivity contribution is 0.230. The molecule has 4 rings (SSSR count). The maximum atomic E-state index is 11.7. The minimum Gasteiger partial charge on any atom is -0.508 e. The minimum absolute atomic E-state index is 0.229. The number of phenols is 3. The van der Waals surface area contributed by atoms with Crippen molar-refractivity contribution in [2.75, 3.05) is 0 Å². The van der Waals surface area contributed by atoms with Crippen molar-refractivity contribution < 1.29 is 15.3 Å². The van der Waals surface area contributed by atoms with E-state index in [-0.39, 0.29) is 27.1 Å². The molecular weight excluding hydrogens is 564 g/mol. The van der Waals surface area contributed by atoms with E-state index in [1.165, 1.54) is 16.7 Å². The van der Waals surface area contributed by atoms with E-state index in [2.05, 4.69) is 126 Å². The second kappa shape index (κ2) is 12.3. The summed E-state index contributed by atoms with van der Waals surface area (Å²) >= 11 is 0. The fourth-order valence-corrected chi connectivity index (χ4v) is 7.95. The third-order valence-electron chi connectivity index (χ3n) is 10.8. The Bertz CT molecular complexity index is 1370. The van der Waals surface area contributed by atoms with Crippen LogP contribution in [-0.2, 0) is 27.1 Å². The Hall–Kier alpha value is -2.94. The van der Waals surface area contributed by atoms with Crippen LogP contribution in [-0.4, -0.2) is 15.3 Å². The summed E-state index contributed by atoms with van der Waals surface area (Å²) in [6.07, 6.45) is 5.19. The quantitative estimate of drug-likeness (QED) is 0.264. The van der Waals surface area contributed by atoms with Gasteiger partial charge in [-0.3, -0.25) is 0 Å². The topological polar surface area (TPSA) is 60.7 Å². The summed E-state index contributed by atoms with van der Waals surface area (Å²) in [6, 6.07) is 17.1. The van der Waals surface area contributed by atoms with E-state index in [4.69, 9.17) is 0 Å². The number of phenolic OH excluding ortho intramolecular Hbond substituents is 3. The van der Waals surface area contributed by atoms with Crippen molar-refractivity contribution in [3.05, 3.63) is 87.5 Å². The Labute approximate surface area is 280 Å². The molecule has 1 aliphatic rings. The van der Waals surface area contributed by atoms with Crippen LogP contribution in [0.4, 0.5) is 0 Å². The third kappa shape index (κ3) is 6.99. The lowest BCUT2D eigenvalue weighted by atomic mass is 9.59. The highest BCUT2D eigenvalue weighted by molar-refractivity contribution is 5.57. The Morgan fingerprint density at radius 2 is 0.913 bits per heavy atom. The number of hydrogen-bond donors (Lipinski definition) is 3. The van der Waals surface area contributed by atoms with Gasteiger partial charge in [0.25, 0.3) is 0 Å². The van der Waals surface area contributed by atoms with E-state index in [0.717, 1.165) is 54.4 Å². The second-order valence-corrected chi connectivity index (χ2v) is 18.4. The molecule has 0 radical (unpaired) electrons. The molecule has 3 N–H and O–H groups in total. The fourth-order valence-electron chi connectivity index (χ4n) is 7.95. The molecule has 3 aromatic rings. The van der Waals surface area contributed by atoms with Crippen molar-refractivity contribution in [1.82, 2.24) is 0 Å². The van der Waals surface area contributed by atoms with Crippen molar-refractivity contribution in [3.8, 4) is 17.2 Å². The Morgan fingerprint density at radius 3 is 1.20 bits per heavy atom. The summed E-state index contributed by atoms with van der Waals surface area (Å²) in [6.45, 7) is 28.6. The molecule has 0 aromatic heterocycles. The first kappa shape index (κ1) is 35.9. The summed E-state index contributed by atoms with van der Waals surface area (Å²) in [5.74, 6) is 2.12. The molecule has 252 valence electrons. The van der Waals surface area contributed by atoms with E-state index in [1.54, 1.807) is 0 Å². The molecule has 46 heavy (non-hydrogen) atoms. The van der Waals surface area contributed by atoms with Gasteiger partial charge >= 0.3 is 0 Å². The highest BCUT2D eigenvalue weighted by atomic mass is 16.3. The number of rotatable bonds is 5. The van der Waals surface area contributed by atoms with Gasteiger partial charge in [-0.1, -0.05) is 126 Å². The van der Waals surface area contributed by atoms with E-state index in [0.29, 0.717) is 29.1 Å². The average Bonchev–Trinajstić information content (AvgIpc) is 2.92. The standard InChI is InChI=1S/C43H62O3/c1-14-32(27-15-17-31(44)18-16-27)28-19-21-43(22-20-28,29-23-33(39(2,3)4)37(45)34(24-29)40(5,6)7)30-25-35(41(8,9)10)38(46)36(26-30)42(11,12)13/h15-18,23-26,28,32,44-46H,14,19-22H2,1-13H3. The first-order valence-corrected chi connectivity index (χ1v) is 17.6. The van der Waals surface area contributed by atoms with Gasteiger partial charge in [0.1, 0.15) is 17.2 Å². The molecule has 3 heteroatoms. The SMILES string of the molecule is CCC(c1ccc(O)cc1)C1CCC(c2cc(C(C)(C)C)c(O)c(C(C)(C)C)c2)(c2cc(C(C)(C)C)c(O)c(C(C)(C)C)c2)CC1. The molecule has 1 fully saturated rings. The van der Waals surface area contributed by atoms with E-state index in [1.807, 2.05) is 12.1 Å². The lowest BCUT2D eigenvalue weighted by Gasteiger charge is -2.45. The smallest absolute Gasteiger partial charge is 0.123 e. The Kier molecular flexibility index (Phi) is 9.57. The number of benzene rings is 3. The maximum absolute atomic E-state index is 11.7. The van der Waals surface area contributed by atoms with Gasteiger partial charge in [0, 0.05) is 5.41 Å². The molecule has 1 atom stereocenters. The average molecular weight is 627 g/mol. The summed E-state index contributed by atoms with van der Waals surface area (Å²) in [4.78, 5) is 0. The van der Waals surface area contributed by atoms with Gasteiger partial charge in [-0.15, -0.1) is 0 Å². The van der Waals surface area contributed by atoms with E-state index < -0.39 is 0 Å². The van der Waals surface area contributed by atoms with Crippen LogP contribution in [0, 0.1) is 5.92 Å². The monoisotopic (exact) mass is 626 g/mol. The van der Waals surface area contributed by atoms with Crippen LogP contribution in [0.2, 0.25) is 0 Å². The highest BCUT2D eigenvalue weighted by Crippen LogP contribution is 2.54. The second-order valence-electron chi connectivity index (χ2n) is 18.4. The zero-order valence-electron chi connectivity index (χ0n) is 31.2. The summed E-state index contributed by atoms with van der Waals surface area (Å²) in [5, 5.41) is 33.4. The molecule has 3 aromatic carbocycles. The predicted molar refractivity (Wildman–Crippen MR) is 195 cm³/mol. The van der Waals surface area contributed by atoms with Crippen LogP contribution in [0.25, 0.3) is 0 Å². The zero-order valence-corrected chi connectivity index (χ0v) is 31.2. The van der Waals surface area contributed by atoms with Crippen molar-refractivity contribution in [3.63, 3.8) is 0 Å². The third-order valence-corrected chi connectivity index (χ3v) is 10.8. The first-order valence-electron chi connectivity index (χ1n) is 17.6. The number of aromatic hydroxyl groups is 3. The molecule has 0 heterocycles. The Balaban J connectivity index is 2.01. The molecule has 0 bridgehead atoms. The van der Waals surface area contributed by atoms with Gasteiger partial charge in [0.2, 0.25) is 0 Å². The van der Waals surface area contributed by atoms with Crippen LogP contribution >= 0.6 is 0 Å². The largest absolute Gasteiger partial charge is 0.508 e. The summed E-state index contributed by atoms with van der Waals surface area (Å²) in [7, 11) is 0. The van der Waals surface area contributed by atoms with Crippen molar-refractivity contribution in [2.24, 2.45) is 5.92 Å². The molecule has 3 nitrogen and oxygen atoms in total. The summed E-state index contributed by atoms with van der Waals surface area (Å²) < 4.78 is 0. The fraction of sp³-hybridized carbons (Fsp3) is 0.581. The van der Waals surface area contributed by atoms with Gasteiger partial charge in [-0.05, 0) is 117 Å². The van der Waals surface area contributed by atoms with Crippen LogP contribution in [0.15, 0.2) is 48.5 Å². The molecule has 1 aliphatic carbocycles. The van der Waals surface area contributed by atoms with Crippen molar-refractivity contribution >= 4 is 0 Å². The van der Waals surface area contributed by atoms with Gasteiger partial charge < -0.3 is 15.3 Å². The highest BCUT2D eigenvalue weighted by Gasteiger charge is 2.43. The van der Waals surface area contributed by atoms with Crippen LogP contribution in [0.3, 0.4) is 0 Å². The zero-order chi connectivity index (χ0) is 34.6. The molecular formula is C43H62O3. The normalized spacial score (nSPS) is 17.2. The molecule has 0 aliphatic heterocycles. The maximum Gasteiger partial charge on any atom is 0.123 e. The van der Waals surface area contributed by atoms with Crippen molar-refractivity contribution in [1.29, 1.82) is 0 Å². The van der Waals surface area contributed by atoms with Crippen LogP contribution < -0.4 is 0 Å². The van der Waals surface area contributed by atoms with Gasteiger partial charge in [-0.25, -0.2) is 0 Å². The van der Waals surface area contributed by atoms with E-state index in [9.17, 15) is 15.3 Å².